The Morgan fingerprint density at radius 2 is 0.733 bits per heavy atom. The van der Waals surface area contributed by atoms with Crippen molar-refractivity contribution in [3.05, 3.63) is 95.1 Å². The first kappa shape index (κ1) is 32.2. The summed E-state index contributed by atoms with van der Waals surface area (Å²) >= 11 is 0. The minimum atomic E-state index is -5.46. The smallest absolute Gasteiger partial charge is 0.394 e. The lowest BCUT2D eigenvalue weighted by Gasteiger charge is -2.18. The van der Waals surface area contributed by atoms with Gasteiger partial charge in [0.1, 0.15) is 11.5 Å². The minimum Gasteiger partial charge on any atom is -0.394 e. The van der Waals surface area contributed by atoms with E-state index in [4.69, 9.17) is 9.05 Å². The largest absolute Gasteiger partial charge is 0.584 e. The van der Waals surface area contributed by atoms with Crippen LogP contribution in [0, 0.1) is 0 Å². The fourth-order valence-corrected chi connectivity index (χ4v) is 5.51. The molecule has 0 unspecified atom stereocenters. The van der Waals surface area contributed by atoms with Gasteiger partial charge in [0.2, 0.25) is 0 Å². The Morgan fingerprint density at radius 1 is 0.467 bits per heavy atom. The van der Waals surface area contributed by atoms with E-state index in [0.717, 1.165) is 36.4 Å². The van der Waals surface area contributed by atoms with Crippen LogP contribution >= 0.6 is 7.82 Å². The maximum absolute atomic E-state index is 13.5. The van der Waals surface area contributed by atoms with Crippen molar-refractivity contribution in [2.75, 3.05) is 0 Å². The second-order valence-corrected chi connectivity index (χ2v) is 10.9. The van der Waals surface area contributed by atoms with Crippen LogP contribution in [0.4, 0.5) is 52.7 Å². The predicted octanol–water partition coefficient (Wildman–Crippen LogP) is 10.6. The average molecular weight is 672 g/mol. The van der Waals surface area contributed by atoms with Gasteiger partial charge in [-0.2, -0.15) is 52.7 Å². The monoisotopic (exact) mass is 672 g/mol. The van der Waals surface area contributed by atoms with Crippen LogP contribution < -0.4 is 9.05 Å². The number of halogens is 12. The number of hydrogen-bond acceptors (Lipinski definition) is 3. The Kier molecular flexibility index (Phi) is 7.48. The summed E-state index contributed by atoms with van der Waals surface area (Å²) in [6.45, 7) is 0. The second kappa shape index (κ2) is 10.4. The van der Waals surface area contributed by atoms with Gasteiger partial charge in [0.15, 0.2) is 0 Å². The third-order valence-corrected chi connectivity index (χ3v) is 7.36. The molecule has 0 aliphatic carbocycles. The molecule has 0 saturated carbocycles. The van der Waals surface area contributed by atoms with Crippen LogP contribution in [-0.2, 0) is 29.3 Å². The second-order valence-electron chi connectivity index (χ2n) is 9.60. The first-order valence-corrected chi connectivity index (χ1v) is 13.6. The van der Waals surface area contributed by atoms with Crippen molar-refractivity contribution in [1.29, 1.82) is 0 Å². The van der Waals surface area contributed by atoms with Gasteiger partial charge in [0.05, 0.1) is 22.3 Å². The maximum atomic E-state index is 13.5. The van der Waals surface area contributed by atoms with Gasteiger partial charge in [0.25, 0.3) is 0 Å². The number of para-hydroxylation sites is 2. The zero-order valence-corrected chi connectivity index (χ0v) is 22.5. The van der Waals surface area contributed by atoms with Crippen molar-refractivity contribution in [3.8, 4) is 44.9 Å². The number of phosphoric ester groups is 1. The van der Waals surface area contributed by atoms with Crippen LogP contribution in [0.2, 0.25) is 0 Å². The van der Waals surface area contributed by atoms with Crippen LogP contribution in [0.25, 0.3) is 33.4 Å². The highest BCUT2D eigenvalue weighted by Gasteiger charge is 2.41. The molecule has 4 aromatic carbocycles. The Balaban J connectivity index is 1.79. The first-order valence-electron chi connectivity index (χ1n) is 12.1. The normalized spacial score (nSPS) is 15.0. The van der Waals surface area contributed by atoms with E-state index in [1.807, 2.05) is 0 Å². The summed E-state index contributed by atoms with van der Waals surface area (Å²) in [6.07, 6.45) is -21.0. The van der Waals surface area contributed by atoms with Crippen molar-refractivity contribution in [3.63, 3.8) is 0 Å². The van der Waals surface area contributed by atoms with Crippen LogP contribution in [0.15, 0.2) is 72.8 Å². The lowest BCUT2D eigenvalue weighted by Crippen LogP contribution is -2.11. The number of phosphoric acid groups is 1. The van der Waals surface area contributed by atoms with Crippen molar-refractivity contribution in [2.45, 2.75) is 24.7 Å². The lowest BCUT2D eigenvalue weighted by molar-refractivity contribution is -0.144. The Morgan fingerprint density at radius 3 is 1.00 bits per heavy atom. The Hall–Kier alpha value is -4.17. The number of hydrogen-bond donors (Lipinski definition) is 1. The van der Waals surface area contributed by atoms with E-state index in [1.165, 1.54) is 0 Å². The van der Waals surface area contributed by atoms with Crippen molar-refractivity contribution in [2.24, 2.45) is 0 Å². The highest BCUT2D eigenvalue weighted by atomic mass is 31.2. The highest BCUT2D eigenvalue weighted by Crippen LogP contribution is 2.58. The molecular formula is C28H13F12O4P. The molecule has 5 rings (SSSR count). The van der Waals surface area contributed by atoms with E-state index in [1.54, 1.807) is 0 Å². The molecule has 0 spiro atoms. The molecular weight excluding hydrogens is 659 g/mol. The number of benzene rings is 4. The van der Waals surface area contributed by atoms with Gasteiger partial charge in [-0.15, -0.1) is 0 Å². The van der Waals surface area contributed by atoms with Crippen LogP contribution in [0.5, 0.6) is 11.5 Å². The van der Waals surface area contributed by atoms with Gasteiger partial charge in [-0.1, -0.05) is 36.4 Å². The average Bonchev–Trinajstić information content (AvgIpc) is 3.02. The third-order valence-electron chi connectivity index (χ3n) is 6.53. The zero-order chi connectivity index (χ0) is 33.3. The molecule has 17 heteroatoms. The summed E-state index contributed by atoms with van der Waals surface area (Å²) in [7, 11) is -5.46. The molecule has 238 valence electrons. The van der Waals surface area contributed by atoms with Crippen LogP contribution in [-0.4, -0.2) is 4.89 Å². The molecule has 0 radical (unpaired) electrons. The molecule has 0 bridgehead atoms. The molecule has 4 nitrogen and oxygen atoms in total. The number of fused-ring (bicyclic) bond motifs is 3. The fraction of sp³-hybridized carbons (Fsp3) is 0.143. The summed E-state index contributed by atoms with van der Waals surface area (Å²) in [5.74, 6) is -1.49. The van der Waals surface area contributed by atoms with E-state index in [2.05, 4.69) is 0 Å². The number of rotatable bonds is 2. The SMILES string of the molecule is O=P1(O)Oc2c(-c3cc(C(F)(F)F)cc(C(F)(F)F)c3)cccc2-c2cccc(-c3cc(C(F)(F)F)cc(C(F)(F)F)c3)c2O1. The maximum Gasteiger partial charge on any atom is 0.584 e. The summed E-state index contributed by atoms with van der Waals surface area (Å²) in [4.78, 5) is 10.5. The Bertz CT molecular complexity index is 1660. The number of alkyl halides is 12. The summed E-state index contributed by atoms with van der Waals surface area (Å²) in [5.41, 5.74) is -10.0. The predicted molar refractivity (Wildman–Crippen MR) is 134 cm³/mol. The van der Waals surface area contributed by atoms with E-state index in [0.29, 0.717) is 24.3 Å². The van der Waals surface area contributed by atoms with Crippen molar-refractivity contribution < 1.29 is 71.2 Å². The standard InChI is InChI=1S/C28H13F12O4P/c29-25(30,31)15-7-13(8-16(11-15)26(32,33)34)19-3-1-5-21-22-6-2-4-20(24(22)44-45(41,42)43-23(19)21)14-9-17(27(35,36)37)12-18(10-14)28(38,39)40/h1-12H,(H,41,42). The van der Waals surface area contributed by atoms with E-state index >= 15 is 0 Å². The molecule has 1 N–H and O–H groups in total. The van der Waals surface area contributed by atoms with Crippen LogP contribution in [0.3, 0.4) is 0 Å². The molecule has 0 amide bonds. The van der Waals surface area contributed by atoms with E-state index < -0.39 is 88.5 Å². The van der Waals surface area contributed by atoms with Gasteiger partial charge >= 0.3 is 32.5 Å². The van der Waals surface area contributed by atoms with E-state index in [-0.39, 0.29) is 23.3 Å². The molecule has 0 saturated heterocycles. The molecule has 0 atom stereocenters. The van der Waals surface area contributed by atoms with Crippen molar-refractivity contribution in [1.82, 2.24) is 0 Å². The van der Waals surface area contributed by atoms with Crippen LogP contribution in [0.1, 0.15) is 22.3 Å². The minimum absolute atomic E-state index is 0.141. The lowest BCUT2D eigenvalue weighted by atomic mass is 9.91. The third kappa shape index (κ3) is 6.47. The molecule has 0 aromatic heterocycles. The van der Waals surface area contributed by atoms with Gasteiger partial charge < -0.3 is 9.05 Å². The Labute approximate surface area is 244 Å². The van der Waals surface area contributed by atoms with Gasteiger partial charge in [-0.05, 0) is 47.5 Å². The summed E-state index contributed by atoms with van der Waals surface area (Å²) < 4.78 is 186. The fourth-order valence-electron chi connectivity index (χ4n) is 4.62. The summed E-state index contributed by atoms with van der Waals surface area (Å²) in [5, 5.41) is 0. The van der Waals surface area contributed by atoms with Gasteiger partial charge in [-0.3, -0.25) is 4.89 Å². The summed E-state index contributed by atoms with van der Waals surface area (Å²) in [6, 6.07) is 7.54. The van der Waals surface area contributed by atoms with Gasteiger partial charge in [0, 0.05) is 22.3 Å². The van der Waals surface area contributed by atoms with E-state index in [9.17, 15) is 62.1 Å². The first-order chi connectivity index (χ1) is 20.5. The molecule has 1 heterocycles. The quantitative estimate of drug-likeness (QED) is 0.170. The molecule has 45 heavy (non-hydrogen) atoms. The van der Waals surface area contributed by atoms with Crippen molar-refractivity contribution >= 4 is 7.82 Å². The zero-order valence-electron chi connectivity index (χ0n) is 21.6. The highest BCUT2D eigenvalue weighted by molar-refractivity contribution is 7.48. The molecule has 4 aromatic rings. The van der Waals surface area contributed by atoms with Gasteiger partial charge in [-0.25, -0.2) is 4.57 Å². The molecule has 0 fully saturated rings. The topological polar surface area (TPSA) is 55.8 Å². The molecule has 1 aliphatic rings. The molecule has 1 aliphatic heterocycles.